The van der Waals surface area contributed by atoms with Gasteiger partial charge in [-0.1, -0.05) is 30.3 Å². The molecule has 0 amide bonds. The predicted octanol–water partition coefficient (Wildman–Crippen LogP) is 3.22. The van der Waals surface area contributed by atoms with Crippen LogP contribution in [0.2, 0.25) is 0 Å². The maximum absolute atomic E-state index is 13.2. The van der Waals surface area contributed by atoms with Crippen LogP contribution in [0.25, 0.3) is 10.9 Å². The molecule has 1 atom stereocenters. The van der Waals surface area contributed by atoms with E-state index in [1.54, 1.807) is 12.3 Å². The molecule has 22 heavy (non-hydrogen) atoms. The lowest BCUT2D eigenvalue weighted by atomic mass is 10.1. The van der Waals surface area contributed by atoms with Gasteiger partial charge in [0.15, 0.2) is 0 Å². The number of halogens is 1. The molecule has 5 heteroatoms. The number of carboxylic acid groups (broad SMARTS) is 1. The Bertz CT molecular complexity index is 799. The van der Waals surface area contributed by atoms with Crippen molar-refractivity contribution in [2.45, 2.75) is 12.6 Å². The van der Waals surface area contributed by atoms with Crippen LogP contribution >= 0.6 is 0 Å². The number of fused-ring (bicyclic) bond motifs is 1. The fourth-order valence-corrected chi connectivity index (χ4v) is 2.51. The highest BCUT2D eigenvalue weighted by molar-refractivity contribution is 5.89. The average molecular weight is 298 g/mol. The van der Waals surface area contributed by atoms with Gasteiger partial charge in [0.25, 0.3) is 0 Å². The minimum atomic E-state index is -0.971. The van der Waals surface area contributed by atoms with Gasteiger partial charge >= 0.3 is 5.97 Å². The fraction of sp³-hybridized carbons (Fsp3) is 0.118. The predicted molar refractivity (Wildman–Crippen MR) is 81.9 cm³/mol. The standard InChI is InChI=1S/C17H15FN2O2/c18-12-6-7-13-14(10-19-15(13)8-12)16(17(21)22)20-9-11-4-2-1-3-5-11/h1-8,10,16,19-20H,9H2,(H,21,22). The van der Waals surface area contributed by atoms with Crippen LogP contribution in [0.5, 0.6) is 0 Å². The summed E-state index contributed by atoms with van der Waals surface area (Å²) >= 11 is 0. The van der Waals surface area contributed by atoms with E-state index < -0.39 is 12.0 Å². The van der Waals surface area contributed by atoms with Crippen molar-refractivity contribution in [1.29, 1.82) is 0 Å². The van der Waals surface area contributed by atoms with Crippen LogP contribution in [0.1, 0.15) is 17.2 Å². The highest BCUT2D eigenvalue weighted by Gasteiger charge is 2.22. The minimum Gasteiger partial charge on any atom is -0.480 e. The molecule has 0 saturated carbocycles. The first-order valence-electron chi connectivity index (χ1n) is 6.92. The number of nitrogens with one attached hydrogen (secondary N) is 2. The Morgan fingerprint density at radius 3 is 2.73 bits per heavy atom. The summed E-state index contributed by atoms with van der Waals surface area (Å²) in [6.45, 7) is 0.436. The van der Waals surface area contributed by atoms with E-state index in [9.17, 15) is 14.3 Å². The number of aromatic amines is 1. The largest absolute Gasteiger partial charge is 0.480 e. The van der Waals surface area contributed by atoms with Crippen LogP contribution in [0.4, 0.5) is 4.39 Å². The Balaban J connectivity index is 1.88. The first-order valence-corrected chi connectivity index (χ1v) is 6.92. The number of aliphatic carboxylic acids is 1. The van der Waals surface area contributed by atoms with Crippen LogP contribution in [0.3, 0.4) is 0 Å². The van der Waals surface area contributed by atoms with E-state index in [1.165, 1.54) is 12.1 Å². The lowest BCUT2D eigenvalue weighted by molar-refractivity contribution is -0.139. The topological polar surface area (TPSA) is 65.1 Å². The highest BCUT2D eigenvalue weighted by Crippen LogP contribution is 2.25. The first-order chi connectivity index (χ1) is 10.6. The van der Waals surface area contributed by atoms with Crippen molar-refractivity contribution in [1.82, 2.24) is 10.3 Å². The molecule has 112 valence electrons. The number of hydrogen-bond donors (Lipinski definition) is 3. The Morgan fingerprint density at radius 1 is 1.23 bits per heavy atom. The van der Waals surface area contributed by atoms with Crippen molar-refractivity contribution >= 4 is 16.9 Å². The maximum atomic E-state index is 13.2. The molecule has 0 radical (unpaired) electrons. The van der Waals surface area contributed by atoms with E-state index in [4.69, 9.17) is 0 Å². The third-order valence-electron chi connectivity index (χ3n) is 3.59. The zero-order chi connectivity index (χ0) is 15.5. The average Bonchev–Trinajstić information content (AvgIpc) is 2.91. The van der Waals surface area contributed by atoms with Crippen molar-refractivity contribution in [2.24, 2.45) is 0 Å². The Labute approximate surface area is 126 Å². The summed E-state index contributed by atoms with van der Waals surface area (Å²) in [5.74, 6) is -1.33. The Morgan fingerprint density at radius 2 is 2.00 bits per heavy atom. The molecule has 0 spiro atoms. The van der Waals surface area contributed by atoms with Crippen molar-refractivity contribution in [3.8, 4) is 0 Å². The highest BCUT2D eigenvalue weighted by atomic mass is 19.1. The van der Waals surface area contributed by atoms with Crippen molar-refractivity contribution in [2.75, 3.05) is 0 Å². The van der Waals surface area contributed by atoms with Crippen molar-refractivity contribution in [3.05, 3.63) is 71.7 Å². The molecule has 3 rings (SSSR count). The molecule has 0 aliphatic heterocycles. The van der Waals surface area contributed by atoms with Crippen LogP contribution in [-0.4, -0.2) is 16.1 Å². The van der Waals surface area contributed by atoms with Crippen LogP contribution < -0.4 is 5.32 Å². The lowest BCUT2D eigenvalue weighted by Gasteiger charge is -2.14. The molecular weight excluding hydrogens is 283 g/mol. The summed E-state index contributed by atoms with van der Waals surface area (Å²) < 4.78 is 13.2. The number of aromatic nitrogens is 1. The summed E-state index contributed by atoms with van der Waals surface area (Å²) in [5.41, 5.74) is 2.18. The molecule has 0 aliphatic carbocycles. The second-order valence-electron chi connectivity index (χ2n) is 5.07. The van der Waals surface area contributed by atoms with Crippen molar-refractivity contribution in [3.63, 3.8) is 0 Å². The molecule has 3 N–H and O–H groups in total. The van der Waals surface area contributed by atoms with Gasteiger partial charge in [0, 0.05) is 29.2 Å². The van der Waals surface area contributed by atoms with Gasteiger partial charge in [0.2, 0.25) is 0 Å². The molecule has 1 unspecified atom stereocenters. The lowest BCUT2D eigenvalue weighted by Crippen LogP contribution is -2.27. The van der Waals surface area contributed by atoms with Gasteiger partial charge in [-0.2, -0.15) is 0 Å². The third-order valence-corrected chi connectivity index (χ3v) is 3.59. The molecule has 0 aliphatic rings. The Kier molecular flexibility index (Phi) is 3.89. The molecule has 3 aromatic rings. The minimum absolute atomic E-state index is 0.356. The van der Waals surface area contributed by atoms with E-state index in [1.807, 2.05) is 30.3 Å². The molecular formula is C17H15FN2O2. The molecule has 0 fully saturated rings. The van der Waals surface area contributed by atoms with Crippen LogP contribution in [0, 0.1) is 5.82 Å². The van der Waals surface area contributed by atoms with Gasteiger partial charge in [-0.05, 0) is 23.8 Å². The van der Waals surface area contributed by atoms with E-state index in [0.29, 0.717) is 23.0 Å². The number of benzene rings is 2. The van der Waals surface area contributed by atoms with Crippen molar-refractivity contribution < 1.29 is 14.3 Å². The number of hydrogen-bond acceptors (Lipinski definition) is 2. The number of H-pyrrole nitrogens is 1. The van der Waals surface area contributed by atoms with Gasteiger partial charge in [0.05, 0.1) is 0 Å². The van der Waals surface area contributed by atoms with Gasteiger partial charge in [0.1, 0.15) is 11.9 Å². The van der Waals surface area contributed by atoms with Gasteiger partial charge in [-0.15, -0.1) is 0 Å². The third kappa shape index (κ3) is 2.84. The normalized spacial score (nSPS) is 12.4. The summed E-state index contributed by atoms with van der Waals surface area (Å²) in [6, 6.07) is 13.0. The summed E-state index contributed by atoms with van der Waals surface area (Å²) in [6.07, 6.45) is 1.61. The second kappa shape index (κ2) is 5.99. The monoisotopic (exact) mass is 298 g/mol. The van der Waals surface area contributed by atoms with E-state index >= 15 is 0 Å². The van der Waals surface area contributed by atoms with Gasteiger partial charge in [-0.3, -0.25) is 10.1 Å². The SMILES string of the molecule is O=C(O)C(NCc1ccccc1)c1c[nH]c2cc(F)ccc12. The smallest absolute Gasteiger partial charge is 0.325 e. The summed E-state index contributed by atoms with van der Waals surface area (Å²) in [7, 11) is 0. The zero-order valence-electron chi connectivity index (χ0n) is 11.7. The number of carboxylic acids is 1. The molecule has 1 aromatic heterocycles. The number of carbonyl (C=O) groups is 1. The molecule has 0 saturated heterocycles. The number of rotatable bonds is 5. The molecule has 0 bridgehead atoms. The molecule has 1 heterocycles. The van der Waals surface area contributed by atoms with Gasteiger partial charge < -0.3 is 10.1 Å². The zero-order valence-corrected chi connectivity index (χ0v) is 11.7. The second-order valence-corrected chi connectivity index (χ2v) is 5.07. The van der Waals surface area contributed by atoms with E-state index in [-0.39, 0.29) is 5.82 Å². The van der Waals surface area contributed by atoms with E-state index in [0.717, 1.165) is 5.56 Å². The fourth-order valence-electron chi connectivity index (χ4n) is 2.51. The Hall–Kier alpha value is -2.66. The van der Waals surface area contributed by atoms with Crippen LogP contribution in [0.15, 0.2) is 54.7 Å². The molecule has 4 nitrogen and oxygen atoms in total. The van der Waals surface area contributed by atoms with Gasteiger partial charge in [-0.25, -0.2) is 4.39 Å². The first kappa shape index (κ1) is 14.3. The maximum Gasteiger partial charge on any atom is 0.325 e. The quantitative estimate of drug-likeness (QED) is 0.677. The van der Waals surface area contributed by atoms with E-state index in [2.05, 4.69) is 10.3 Å². The summed E-state index contributed by atoms with van der Waals surface area (Å²) in [5, 5.41) is 13.2. The molecule has 2 aromatic carbocycles. The van der Waals surface area contributed by atoms with Crippen LogP contribution in [-0.2, 0) is 11.3 Å². The summed E-state index contributed by atoms with van der Waals surface area (Å²) in [4.78, 5) is 14.5.